The first-order valence-corrected chi connectivity index (χ1v) is 4.58. The first kappa shape index (κ1) is 7.84. The molecular weight excluding hydrogens is 148 g/mol. The van der Waals surface area contributed by atoms with E-state index in [9.17, 15) is 0 Å². The molecule has 12 heavy (non-hydrogen) atoms. The Bertz CT molecular complexity index is 297. The molecule has 2 rings (SSSR count). The largest absolute Gasteiger partial charge is 0.272 e. The number of fused-ring (bicyclic) bond motifs is 1. The Morgan fingerprint density at radius 2 is 2.25 bits per heavy atom. The average Bonchev–Trinajstić information content (AvgIpc) is 2.30. The van der Waals surface area contributed by atoms with Crippen LogP contribution in [0.3, 0.4) is 0 Å². The topological polar surface area (TPSA) is 17.8 Å². The number of rotatable bonds is 0. The summed E-state index contributed by atoms with van der Waals surface area (Å²) >= 11 is 0. The molecule has 0 amide bonds. The van der Waals surface area contributed by atoms with E-state index in [0.29, 0.717) is 5.41 Å². The molecule has 0 aliphatic heterocycles. The zero-order valence-electron chi connectivity index (χ0n) is 8.09. The first-order valence-electron chi connectivity index (χ1n) is 4.58. The first-order chi connectivity index (χ1) is 5.58. The van der Waals surface area contributed by atoms with Gasteiger partial charge < -0.3 is 0 Å². The average molecular weight is 164 g/mol. The monoisotopic (exact) mass is 164 g/mol. The highest BCUT2D eigenvalue weighted by molar-refractivity contribution is 5.22. The van der Waals surface area contributed by atoms with Gasteiger partial charge in [-0.1, -0.05) is 13.8 Å². The number of aryl methyl sites for hydroxylation is 1. The summed E-state index contributed by atoms with van der Waals surface area (Å²) in [5.74, 6) is 0. The molecule has 1 aromatic rings. The highest BCUT2D eigenvalue weighted by Crippen LogP contribution is 2.33. The second-order valence-corrected chi connectivity index (χ2v) is 4.58. The Labute approximate surface area is 73.6 Å². The quantitative estimate of drug-likeness (QED) is 0.573. The fraction of sp³-hybridized carbons (Fsp3) is 0.700. The van der Waals surface area contributed by atoms with Crippen LogP contribution in [-0.2, 0) is 19.9 Å². The van der Waals surface area contributed by atoms with Crippen LogP contribution in [-0.4, -0.2) is 9.78 Å². The van der Waals surface area contributed by atoms with Gasteiger partial charge in [0, 0.05) is 12.7 Å². The molecular formula is C10H16N2. The molecule has 1 aromatic heterocycles. The van der Waals surface area contributed by atoms with Crippen molar-refractivity contribution in [1.82, 2.24) is 9.78 Å². The second-order valence-electron chi connectivity index (χ2n) is 4.58. The molecule has 0 N–H and O–H groups in total. The molecule has 0 saturated heterocycles. The van der Waals surface area contributed by atoms with E-state index in [1.807, 2.05) is 17.9 Å². The van der Waals surface area contributed by atoms with Crippen LogP contribution in [0.25, 0.3) is 0 Å². The van der Waals surface area contributed by atoms with Crippen molar-refractivity contribution in [3.63, 3.8) is 0 Å². The van der Waals surface area contributed by atoms with Gasteiger partial charge in [0.2, 0.25) is 0 Å². The molecule has 0 aromatic carbocycles. The van der Waals surface area contributed by atoms with Crippen LogP contribution in [0.1, 0.15) is 31.5 Å². The molecule has 1 heterocycles. The summed E-state index contributed by atoms with van der Waals surface area (Å²) in [6, 6.07) is 0. The summed E-state index contributed by atoms with van der Waals surface area (Å²) in [5.41, 5.74) is 3.37. The maximum Gasteiger partial charge on any atom is 0.0524 e. The van der Waals surface area contributed by atoms with Crippen molar-refractivity contribution in [2.24, 2.45) is 12.5 Å². The summed E-state index contributed by atoms with van der Waals surface area (Å²) in [5, 5.41) is 4.28. The highest BCUT2D eigenvalue weighted by atomic mass is 15.3. The van der Waals surface area contributed by atoms with Gasteiger partial charge in [-0.05, 0) is 30.2 Å². The van der Waals surface area contributed by atoms with Crippen LogP contribution < -0.4 is 0 Å². The summed E-state index contributed by atoms with van der Waals surface area (Å²) in [6.45, 7) is 4.67. The third-order valence-corrected chi connectivity index (χ3v) is 2.86. The Kier molecular flexibility index (Phi) is 1.53. The summed E-state index contributed by atoms with van der Waals surface area (Å²) in [4.78, 5) is 0. The minimum atomic E-state index is 0.482. The standard InChI is InChI=1S/C10H16N2/c1-10(2)5-4-9-8(6-10)7-11-12(9)3/h7H,4-6H2,1-3H3. The number of aromatic nitrogens is 2. The van der Waals surface area contributed by atoms with Crippen molar-refractivity contribution in [3.8, 4) is 0 Å². The zero-order chi connectivity index (χ0) is 8.77. The van der Waals surface area contributed by atoms with Crippen LogP contribution in [0.4, 0.5) is 0 Å². The predicted molar refractivity (Wildman–Crippen MR) is 49.0 cm³/mol. The number of hydrogen-bond donors (Lipinski definition) is 0. The Hall–Kier alpha value is -0.790. The van der Waals surface area contributed by atoms with Crippen LogP contribution >= 0.6 is 0 Å². The van der Waals surface area contributed by atoms with Crippen molar-refractivity contribution in [2.45, 2.75) is 33.1 Å². The fourth-order valence-electron chi connectivity index (χ4n) is 2.04. The molecule has 0 atom stereocenters. The molecule has 1 aliphatic carbocycles. The van der Waals surface area contributed by atoms with E-state index in [-0.39, 0.29) is 0 Å². The van der Waals surface area contributed by atoms with Crippen LogP contribution in [0.5, 0.6) is 0 Å². The van der Waals surface area contributed by atoms with E-state index < -0.39 is 0 Å². The second kappa shape index (κ2) is 2.35. The van der Waals surface area contributed by atoms with E-state index in [1.165, 1.54) is 30.5 Å². The predicted octanol–water partition coefficient (Wildman–Crippen LogP) is 1.94. The van der Waals surface area contributed by atoms with Gasteiger partial charge in [0.05, 0.1) is 6.20 Å². The Morgan fingerprint density at radius 1 is 1.50 bits per heavy atom. The van der Waals surface area contributed by atoms with Gasteiger partial charge in [-0.15, -0.1) is 0 Å². The third-order valence-electron chi connectivity index (χ3n) is 2.86. The van der Waals surface area contributed by atoms with Gasteiger partial charge in [-0.25, -0.2) is 0 Å². The van der Waals surface area contributed by atoms with Crippen molar-refractivity contribution in [3.05, 3.63) is 17.5 Å². The molecule has 66 valence electrons. The van der Waals surface area contributed by atoms with Crippen molar-refractivity contribution in [2.75, 3.05) is 0 Å². The van der Waals surface area contributed by atoms with Gasteiger partial charge in [-0.2, -0.15) is 5.10 Å². The summed E-state index contributed by atoms with van der Waals surface area (Å²) in [6.07, 6.45) is 5.70. The van der Waals surface area contributed by atoms with Gasteiger partial charge in [-0.3, -0.25) is 4.68 Å². The van der Waals surface area contributed by atoms with Crippen molar-refractivity contribution < 1.29 is 0 Å². The maximum absolute atomic E-state index is 4.28. The lowest BCUT2D eigenvalue weighted by atomic mass is 9.77. The number of nitrogens with zero attached hydrogens (tertiary/aromatic N) is 2. The lowest BCUT2D eigenvalue weighted by Gasteiger charge is -2.29. The lowest BCUT2D eigenvalue weighted by molar-refractivity contribution is 0.311. The minimum Gasteiger partial charge on any atom is -0.272 e. The van der Waals surface area contributed by atoms with Crippen molar-refractivity contribution >= 4 is 0 Å². The van der Waals surface area contributed by atoms with Gasteiger partial charge in [0.15, 0.2) is 0 Å². The van der Waals surface area contributed by atoms with Crippen LogP contribution in [0, 0.1) is 5.41 Å². The number of hydrogen-bond acceptors (Lipinski definition) is 1. The van der Waals surface area contributed by atoms with Gasteiger partial charge in [0.1, 0.15) is 0 Å². The highest BCUT2D eigenvalue weighted by Gasteiger charge is 2.26. The maximum atomic E-state index is 4.28. The lowest BCUT2D eigenvalue weighted by Crippen LogP contribution is -2.22. The van der Waals surface area contributed by atoms with E-state index in [1.54, 1.807) is 0 Å². The molecule has 1 aliphatic rings. The third kappa shape index (κ3) is 1.15. The molecule has 2 nitrogen and oxygen atoms in total. The zero-order valence-corrected chi connectivity index (χ0v) is 8.09. The van der Waals surface area contributed by atoms with E-state index in [2.05, 4.69) is 18.9 Å². The SMILES string of the molecule is Cn1ncc2c1CCC(C)(C)C2. The molecule has 0 bridgehead atoms. The fourth-order valence-corrected chi connectivity index (χ4v) is 2.04. The normalized spacial score (nSPS) is 20.6. The Morgan fingerprint density at radius 3 is 3.00 bits per heavy atom. The molecule has 0 radical (unpaired) electrons. The van der Waals surface area contributed by atoms with Gasteiger partial charge in [0.25, 0.3) is 0 Å². The van der Waals surface area contributed by atoms with E-state index >= 15 is 0 Å². The van der Waals surface area contributed by atoms with Gasteiger partial charge >= 0.3 is 0 Å². The smallest absolute Gasteiger partial charge is 0.0524 e. The van der Waals surface area contributed by atoms with E-state index in [4.69, 9.17) is 0 Å². The van der Waals surface area contributed by atoms with Crippen LogP contribution in [0.2, 0.25) is 0 Å². The molecule has 0 fully saturated rings. The summed E-state index contributed by atoms with van der Waals surface area (Å²) < 4.78 is 2.02. The minimum absolute atomic E-state index is 0.482. The molecule has 0 unspecified atom stereocenters. The van der Waals surface area contributed by atoms with Crippen LogP contribution in [0.15, 0.2) is 6.20 Å². The van der Waals surface area contributed by atoms with Crippen molar-refractivity contribution in [1.29, 1.82) is 0 Å². The van der Waals surface area contributed by atoms with E-state index in [0.717, 1.165) is 0 Å². The summed E-state index contributed by atoms with van der Waals surface area (Å²) in [7, 11) is 2.04. The molecule has 0 spiro atoms. The Balaban J connectivity index is 2.37. The molecule has 2 heteroatoms. The molecule has 0 saturated carbocycles.